The zero-order valence-corrected chi connectivity index (χ0v) is 13.3. The number of carboxylic acid groups (broad SMARTS) is 1. The topological polar surface area (TPSA) is 63.6 Å². The van der Waals surface area contributed by atoms with Gasteiger partial charge in [-0.05, 0) is 25.0 Å². The van der Waals surface area contributed by atoms with Crippen LogP contribution in [0, 0.1) is 0 Å². The molecule has 0 heterocycles. The fraction of sp³-hybridized carbons (Fsp3) is 0.467. The second-order valence-electron chi connectivity index (χ2n) is 4.61. The summed E-state index contributed by atoms with van der Waals surface area (Å²) in [4.78, 5) is 22.4. The van der Waals surface area contributed by atoms with Crippen molar-refractivity contribution in [3.8, 4) is 5.75 Å². The number of rotatable bonds is 9. The van der Waals surface area contributed by atoms with E-state index in [9.17, 15) is 9.59 Å². The Morgan fingerprint density at radius 1 is 1.14 bits per heavy atom. The summed E-state index contributed by atoms with van der Waals surface area (Å²) in [6, 6.07) is 3.19. The highest BCUT2D eigenvalue weighted by Gasteiger charge is 2.16. The molecule has 4 nitrogen and oxygen atoms in total. The second-order valence-corrected chi connectivity index (χ2v) is 5.37. The van der Waals surface area contributed by atoms with E-state index in [0.717, 1.165) is 12.8 Å². The Bertz CT molecular complexity index is 515. The van der Waals surface area contributed by atoms with Crippen LogP contribution in [-0.2, 0) is 4.79 Å². The van der Waals surface area contributed by atoms with Crippen LogP contribution in [0.15, 0.2) is 12.1 Å². The Labute approximate surface area is 134 Å². The molecule has 0 aliphatic heterocycles. The summed E-state index contributed by atoms with van der Waals surface area (Å²) in [5, 5.41) is 8.92. The monoisotopic (exact) mass is 332 g/mol. The molecule has 0 bridgehead atoms. The lowest BCUT2D eigenvalue weighted by atomic mass is 10.1. The maximum Gasteiger partial charge on any atom is 0.303 e. The third-order valence-corrected chi connectivity index (χ3v) is 3.76. The van der Waals surface area contributed by atoms with Gasteiger partial charge >= 0.3 is 5.97 Å². The lowest BCUT2D eigenvalue weighted by Crippen LogP contribution is -2.04. The Morgan fingerprint density at radius 3 is 2.48 bits per heavy atom. The van der Waals surface area contributed by atoms with Crippen LogP contribution in [0.1, 0.15) is 49.4 Å². The maximum absolute atomic E-state index is 12.0. The number of carbonyl (C=O) groups is 2. The molecular weight excluding hydrogens is 315 g/mol. The van der Waals surface area contributed by atoms with Crippen LogP contribution in [0.2, 0.25) is 10.0 Å². The van der Waals surface area contributed by atoms with E-state index in [1.807, 2.05) is 6.92 Å². The second kappa shape index (κ2) is 8.90. The van der Waals surface area contributed by atoms with Gasteiger partial charge in [0.1, 0.15) is 10.8 Å². The number of aliphatic carboxylic acids is 1. The van der Waals surface area contributed by atoms with Crippen LogP contribution in [0.25, 0.3) is 0 Å². The van der Waals surface area contributed by atoms with Crippen molar-refractivity contribution in [2.75, 3.05) is 6.61 Å². The quantitative estimate of drug-likeness (QED) is 0.529. The van der Waals surface area contributed by atoms with E-state index >= 15 is 0 Å². The van der Waals surface area contributed by atoms with Gasteiger partial charge in [0.25, 0.3) is 0 Å². The van der Waals surface area contributed by atoms with Crippen molar-refractivity contribution >= 4 is 35.0 Å². The van der Waals surface area contributed by atoms with Crippen LogP contribution in [-0.4, -0.2) is 23.5 Å². The van der Waals surface area contributed by atoms with Crippen LogP contribution in [0.4, 0.5) is 0 Å². The molecule has 0 spiro atoms. The molecule has 21 heavy (non-hydrogen) atoms. The summed E-state index contributed by atoms with van der Waals surface area (Å²) < 4.78 is 5.39. The Kier molecular flexibility index (Phi) is 7.54. The molecule has 116 valence electrons. The Hall–Kier alpha value is -1.26. The van der Waals surface area contributed by atoms with Gasteiger partial charge in [-0.2, -0.15) is 0 Å². The number of ketones is 1. The molecule has 1 rings (SSSR count). The molecule has 1 aromatic rings. The first-order valence-corrected chi connectivity index (χ1v) is 7.58. The summed E-state index contributed by atoms with van der Waals surface area (Å²) in [6.07, 6.45) is 2.58. The van der Waals surface area contributed by atoms with Gasteiger partial charge in [0.2, 0.25) is 0 Å². The van der Waals surface area contributed by atoms with Crippen LogP contribution in [0.5, 0.6) is 5.75 Å². The van der Waals surface area contributed by atoms with Crippen LogP contribution in [0.3, 0.4) is 0 Å². The third-order valence-electron chi connectivity index (χ3n) is 2.90. The van der Waals surface area contributed by atoms with Gasteiger partial charge in [-0.1, -0.05) is 36.5 Å². The number of halogens is 2. The first-order valence-electron chi connectivity index (χ1n) is 6.83. The van der Waals surface area contributed by atoms with E-state index in [-0.39, 0.29) is 28.9 Å². The summed E-state index contributed by atoms with van der Waals surface area (Å²) >= 11 is 12.2. The van der Waals surface area contributed by atoms with Crippen LogP contribution >= 0.6 is 23.2 Å². The predicted molar refractivity (Wildman–Crippen MR) is 82.7 cm³/mol. The van der Waals surface area contributed by atoms with E-state index in [1.54, 1.807) is 12.1 Å². The average molecular weight is 333 g/mol. The van der Waals surface area contributed by atoms with Gasteiger partial charge in [-0.3, -0.25) is 9.59 Å². The Balaban J connectivity index is 2.71. The largest absolute Gasteiger partial charge is 0.492 e. The summed E-state index contributed by atoms with van der Waals surface area (Å²) in [5.41, 5.74) is 0.396. The average Bonchev–Trinajstić information content (AvgIpc) is 2.45. The molecule has 0 saturated carbocycles. The number of carboxylic acids is 1. The minimum absolute atomic E-state index is 0.0267. The molecule has 0 aliphatic rings. The fourth-order valence-electron chi connectivity index (χ4n) is 1.74. The summed E-state index contributed by atoms with van der Waals surface area (Å²) in [6.45, 7) is 2.24. The number of Topliss-reactive ketones (excluding diaryl/α,β-unsaturated/α-hetero) is 1. The molecule has 0 amide bonds. The van der Waals surface area contributed by atoms with Crippen molar-refractivity contribution in [1.82, 2.24) is 0 Å². The molecule has 0 radical (unpaired) electrons. The van der Waals surface area contributed by atoms with E-state index < -0.39 is 5.97 Å². The van der Waals surface area contributed by atoms with E-state index in [2.05, 4.69) is 0 Å². The molecule has 1 aromatic carbocycles. The predicted octanol–water partition coefficient (Wildman–Crippen LogP) is 4.61. The first-order chi connectivity index (χ1) is 9.97. The third kappa shape index (κ3) is 5.56. The maximum atomic E-state index is 12.0. The van der Waals surface area contributed by atoms with Gasteiger partial charge in [0, 0.05) is 18.4 Å². The van der Waals surface area contributed by atoms with Crippen molar-refractivity contribution in [1.29, 1.82) is 0 Å². The van der Waals surface area contributed by atoms with E-state index in [4.69, 9.17) is 33.0 Å². The van der Waals surface area contributed by atoms with Crippen molar-refractivity contribution in [3.63, 3.8) is 0 Å². The number of hydrogen-bond donors (Lipinski definition) is 1. The zero-order chi connectivity index (χ0) is 15.8. The number of hydrogen-bond acceptors (Lipinski definition) is 3. The highest BCUT2D eigenvalue weighted by atomic mass is 35.5. The van der Waals surface area contributed by atoms with Gasteiger partial charge in [0.05, 0.1) is 11.6 Å². The molecule has 0 aliphatic carbocycles. The van der Waals surface area contributed by atoms with Crippen LogP contribution < -0.4 is 4.74 Å². The number of benzene rings is 1. The highest BCUT2D eigenvalue weighted by Crippen LogP contribution is 2.35. The van der Waals surface area contributed by atoms with E-state index in [1.165, 1.54) is 0 Å². The fourth-order valence-corrected chi connectivity index (χ4v) is 2.22. The Morgan fingerprint density at radius 2 is 1.86 bits per heavy atom. The van der Waals surface area contributed by atoms with Crippen molar-refractivity contribution in [3.05, 3.63) is 27.7 Å². The minimum atomic E-state index is -0.875. The molecule has 0 saturated heterocycles. The highest BCUT2D eigenvalue weighted by molar-refractivity contribution is 6.44. The normalized spacial score (nSPS) is 10.4. The molecule has 1 N–H and O–H groups in total. The van der Waals surface area contributed by atoms with Crippen molar-refractivity contribution < 1.29 is 19.4 Å². The molecule has 0 atom stereocenters. The first kappa shape index (κ1) is 17.8. The lowest BCUT2D eigenvalue weighted by Gasteiger charge is -2.11. The van der Waals surface area contributed by atoms with Gasteiger partial charge in [0.15, 0.2) is 5.78 Å². The zero-order valence-electron chi connectivity index (χ0n) is 11.8. The van der Waals surface area contributed by atoms with Crippen molar-refractivity contribution in [2.24, 2.45) is 0 Å². The van der Waals surface area contributed by atoms with Gasteiger partial charge < -0.3 is 9.84 Å². The number of unbranched alkanes of at least 4 members (excludes halogenated alkanes) is 1. The number of ether oxygens (including phenoxy) is 1. The molecule has 6 heteroatoms. The molecule has 0 aromatic heterocycles. The lowest BCUT2D eigenvalue weighted by molar-refractivity contribution is -0.137. The SMILES string of the molecule is CCCCC(=O)c1ccc(OCCCC(=O)O)c(Cl)c1Cl. The summed E-state index contributed by atoms with van der Waals surface area (Å²) in [7, 11) is 0. The molecular formula is C15H18Cl2O4. The summed E-state index contributed by atoms with van der Waals surface area (Å²) in [5.74, 6) is -0.556. The molecule has 0 fully saturated rings. The van der Waals surface area contributed by atoms with E-state index in [0.29, 0.717) is 24.2 Å². The minimum Gasteiger partial charge on any atom is -0.492 e. The number of carbonyl (C=O) groups excluding carboxylic acids is 1. The van der Waals surface area contributed by atoms with Crippen molar-refractivity contribution in [2.45, 2.75) is 39.0 Å². The molecule has 0 unspecified atom stereocenters. The standard InChI is InChI=1S/C15H18Cl2O4/c1-2-3-5-11(18)10-7-8-12(15(17)14(10)16)21-9-4-6-13(19)20/h7-8H,2-6,9H2,1H3,(H,19,20). The van der Waals surface area contributed by atoms with Gasteiger partial charge in [-0.15, -0.1) is 0 Å². The smallest absolute Gasteiger partial charge is 0.303 e. The van der Waals surface area contributed by atoms with Gasteiger partial charge in [-0.25, -0.2) is 0 Å².